The molecule has 0 radical (unpaired) electrons. The molecule has 1 N–H and O–H groups in total. The Morgan fingerprint density at radius 2 is 1.76 bits per heavy atom. The van der Waals surface area contributed by atoms with Crippen molar-refractivity contribution in [1.82, 2.24) is 4.83 Å². The van der Waals surface area contributed by atoms with Gasteiger partial charge in [0.05, 0.1) is 35.5 Å². The molecule has 0 unspecified atom stereocenters. The van der Waals surface area contributed by atoms with Crippen molar-refractivity contribution in [3.8, 4) is 17.2 Å². The van der Waals surface area contributed by atoms with Crippen LogP contribution in [0.2, 0.25) is 5.02 Å². The average Bonchev–Trinajstić information content (AvgIpc) is 2.65. The predicted molar refractivity (Wildman–Crippen MR) is 114 cm³/mol. The molecule has 0 spiro atoms. The van der Waals surface area contributed by atoms with Gasteiger partial charge in [-0.3, -0.25) is 0 Å². The van der Waals surface area contributed by atoms with Crippen molar-refractivity contribution in [3.05, 3.63) is 47.0 Å². The summed E-state index contributed by atoms with van der Waals surface area (Å²) >= 11 is 6.30. The molecule has 158 valence electrons. The highest BCUT2D eigenvalue weighted by molar-refractivity contribution is 7.89. The van der Waals surface area contributed by atoms with Gasteiger partial charge in [0, 0.05) is 0 Å². The second-order valence-corrected chi connectivity index (χ2v) is 8.25. The molecule has 7 nitrogen and oxygen atoms in total. The van der Waals surface area contributed by atoms with Gasteiger partial charge in [0.2, 0.25) is 0 Å². The zero-order valence-corrected chi connectivity index (χ0v) is 18.4. The molecule has 0 aromatic heterocycles. The summed E-state index contributed by atoms with van der Waals surface area (Å²) in [6, 6.07) is 9.38. The molecule has 2 rings (SSSR count). The number of benzene rings is 2. The summed E-state index contributed by atoms with van der Waals surface area (Å²) in [4.78, 5) is 2.25. The van der Waals surface area contributed by atoms with Crippen LogP contribution in [-0.2, 0) is 10.0 Å². The minimum absolute atomic E-state index is 0.0758. The van der Waals surface area contributed by atoms with Crippen molar-refractivity contribution in [2.75, 3.05) is 13.2 Å². The van der Waals surface area contributed by atoms with E-state index in [9.17, 15) is 8.42 Å². The van der Waals surface area contributed by atoms with E-state index in [1.165, 1.54) is 18.3 Å². The van der Waals surface area contributed by atoms with E-state index in [1.807, 2.05) is 27.7 Å². The van der Waals surface area contributed by atoms with Crippen LogP contribution in [0.15, 0.2) is 46.4 Å². The molecule has 29 heavy (non-hydrogen) atoms. The lowest BCUT2D eigenvalue weighted by Gasteiger charge is -2.16. The highest BCUT2D eigenvalue weighted by Gasteiger charge is 2.15. The molecule has 0 bridgehead atoms. The number of nitrogens with zero attached hydrogens (tertiary/aromatic N) is 1. The molecular formula is C20H25ClN2O5S. The topological polar surface area (TPSA) is 86.2 Å². The summed E-state index contributed by atoms with van der Waals surface area (Å²) in [5, 5.41) is 4.18. The van der Waals surface area contributed by atoms with Crippen LogP contribution in [0.4, 0.5) is 0 Å². The van der Waals surface area contributed by atoms with Gasteiger partial charge >= 0.3 is 0 Å². The molecule has 0 aliphatic rings. The van der Waals surface area contributed by atoms with Crippen molar-refractivity contribution < 1.29 is 22.6 Å². The summed E-state index contributed by atoms with van der Waals surface area (Å²) in [5.74, 6) is 1.50. The number of nitrogens with one attached hydrogen (secondary N) is 1. The monoisotopic (exact) mass is 440 g/mol. The summed E-state index contributed by atoms with van der Waals surface area (Å²) < 4.78 is 41.3. The number of halogens is 1. The lowest BCUT2D eigenvalue weighted by atomic mass is 10.2. The molecule has 0 saturated carbocycles. The van der Waals surface area contributed by atoms with Gasteiger partial charge in [-0.25, -0.2) is 4.83 Å². The van der Waals surface area contributed by atoms with E-state index in [4.69, 9.17) is 25.8 Å². The first-order chi connectivity index (χ1) is 13.8. The summed E-state index contributed by atoms with van der Waals surface area (Å²) in [6.45, 7) is 8.40. The highest BCUT2D eigenvalue weighted by Crippen LogP contribution is 2.37. The van der Waals surface area contributed by atoms with E-state index < -0.39 is 10.0 Å². The standard InChI is InChI=1S/C20H25ClN2O5S/c1-5-26-16-7-9-17(10-8-16)29(24,25)23-22-13-15-11-18(21)20(28-14(3)4)19(12-15)27-6-2/h7-14,23H,5-6H2,1-4H3/b22-13+. The van der Waals surface area contributed by atoms with Crippen LogP contribution in [0.25, 0.3) is 0 Å². The Morgan fingerprint density at radius 3 is 2.34 bits per heavy atom. The lowest BCUT2D eigenvalue weighted by Crippen LogP contribution is -2.18. The first-order valence-electron chi connectivity index (χ1n) is 9.17. The minimum atomic E-state index is -3.81. The SMILES string of the molecule is CCOc1ccc(S(=O)(=O)N/N=C/c2cc(Cl)c(OC(C)C)c(OCC)c2)cc1. The van der Waals surface area contributed by atoms with E-state index in [0.29, 0.717) is 41.0 Å². The Morgan fingerprint density at radius 1 is 1.10 bits per heavy atom. The van der Waals surface area contributed by atoms with Crippen LogP contribution in [0.1, 0.15) is 33.3 Å². The maximum absolute atomic E-state index is 12.4. The fraction of sp³-hybridized carbons (Fsp3) is 0.350. The third kappa shape index (κ3) is 6.54. The number of hydrogen-bond acceptors (Lipinski definition) is 6. The third-order valence-corrected chi connectivity index (χ3v) is 5.04. The second-order valence-electron chi connectivity index (χ2n) is 6.19. The molecular weight excluding hydrogens is 416 g/mol. The quantitative estimate of drug-likeness (QED) is 0.441. The number of sulfonamides is 1. The molecule has 2 aromatic rings. The molecule has 0 aliphatic heterocycles. The lowest BCUT2D eigenvalue weighted by molar-refractivity contribution is 0.224. The maximum Gasteiger partial charge on any atom is 0.276 e. The van der Waals surface area contributed by atoms with Crippen molar-refractivity contribution in [2.24, 2.45) is 5.10 Å². The van der Waals surface area contributed by atoms with Crippen LogP contribution in [0, 0.1) is 0 Å². The Balaban J connectivity index is 2.18. The van der Waals surface area contributed by atoms with Crippen LogP contribution >= 0.6 is 11.6 Å². The average molecular weight is 441 g/mol. The molecule has 0 aliphatic carbocycles. The van der Waals surface area contributed by atoms with Gasteiger partial charge in [0.1, 0.15) is 5.75 Å². The molecule has 0 amide bonds. The van der Waals surface area contributed by atoms with Crippen molar-refractivity contribution in [1.29, 1.82) is 0 Å². The van der Waals surface area contributed by atoms with Crippen molar-refractivity contribution in [3.63, 3.8) is 0 Å². The van der Waals surface area contributed by atoms with E-state index in [-0.39, 0.29) is 11.0 Å². The largest absolute Gasteiger partial charge is 0.494 e. The number of hydrogen-bond donors (Lipinski definition) is 1. The van der Waals surface area contributed by atoms with E-state index in [1.54, 1.807) is 24.3 Å². The molecule has 0 heterocycles. The second kappa shape index (κ2) is 10.4. The van der Waals surface area contributed by atoms with E-state index >= 15 is 0 Å². The Labute approximate surface area is 176 Å². The zero-order chi connectivity index (χ0) is 21.4. The van der Waals surface area contributed by atoms with Crippen LogP contribution in [0.5, 0.6) is 17.2 Å². The molecule has 0 atom stereocenters. The molecule has 0 saturated heterocycles. The van der Waals surface area contributed by atoms with Crippen LogP contribution < -0.4 is 19.0 Å². The normalized spacial score (nSPS) is 11.7. The first-order valence-corrected chi connectivity index (χ1v) is 11.0. The first kappa shape index (κ1) is 22.8. The van der Waals surface area contributed by atoms with Gasteiger partial charge in [0.25, 0.3) is 10.0 Å². The molecule has 0 fully saturated rings. The molecule has 2 aromatic carbocycles. The van der Waals surface area contributed by atoms with Crippen LogP contribution in [0.3, 0.4) is 0 Å². The van der Waals surface area contributed by atoms with Gasteiger partial charge in [-0.2, -0.15) is 13.5 Å². The predicted octanol–water partition coefficient (Wildman–Crippen LogP) is 4.24. The Hall–Kier alpha value is -2.45. The fourth-order valence-electron chi connectivity index (χ4n) is 2.38. The van der Waals surface area contributed by atoms with E-state index in [0.717, 1.165) is 0 Å². The van der Waals surface area contributed by atoms with Gasteiger partial charge < -0.3 is 14.2 Å². The summed E-state index contributed by atoms with van der Waals surface area (Å²) in [5.41, 5.74) is 0.559. The summed E-state index contributed by atoms with van der Waals surface area (Å²) in [6.07, 6.45) is 1.27. The number of hydrazone groups is 1. The smallest absolute Gasteiger partial charge is 0.276 e. The van der Waals surface area contributed by atoms with Crippen molar-refractivity contribution >= 4 is 27.8 Å². The third-order valence-electron chi connectivity index (χ3n) is 3.52. The molecule has 9 heteroatoms. The highest BCUT2D eigenvalue weighted by atomic mass is 35.5. The zero-order valence-electron chi connectivity index (χ0n) is 16.8. The van der Waals surface area contributed by atoms with Gasteiger partial charge in [0.15, 0.2) is 11.5 Å². The number of rotatable bonds is 10. The Bertz CT molecular complexity index is 944. The minimum Gasteiger partial charge on any atom is -0.494 e. The van der Waals surface area contributed by atoms with Gasteiger partial charge in [-0.1, -0.05) is 11.6 Å². The maximum atomic E-state index is 12.4. The van der Waals surface area contributed by atoms with E-state index in [2.05, 4.69) is 9.93 Å². The fourth-order valence-corrected chi connectivity index (χ4v) is 3.44. The number of ether oxygens (including phenoxy) is 3. The Kier molecular flexibility index (Phi) is 8.16. The van der Waals surface area contributed by atoms with Crippen molar-refractivity contribution in [2.45, 2.75) is 38.7 Å². The van der Waals surface area contributed by atoms with Crippen LogP contribution in [-0.4, -0.2) is 34.0 Å². The van der Waals surface area contributed by atoms with Gasteiger partial charge in [-0.15, -0.1) is 0 Å². The summed E-state index contributed by atoms with van der Waals surface area (Å²) in [7, 11) is -3.81. The van der Waals surface area contributed by atoms with Gasteiger partial charge in [-0.05, 0) is 69.7 Å².